The molecule has 0 bridgehead atoms. The molecule has 0 N–H and O–H groups in total. The zero-order chi connectivity index (χ0) is 17.5. The molecule has 0 radical (unpaired) electrons. The third-order valence-corrected chi connectivity index (χ3v) is 7.12. The highest BCUT2D eigenvalue weighted by molar-refractivity contribution is 7.10. The number of thiophene rings is 1. The van der Waals surface area contributed by atoms with Gasteiger partial charge >= 0.3 is 0 Å². The van der Waals surface area contributed by atoms with Crippen LogP contribution in [0.25, 0.3) is 0 Å². The lowest BCUT2D eigenvalue weighted by atomic mass is 9.94. The lowest BCUT2D eigenvalue weighted by Crippen LogP contribution is -2.44. The normalized spacial score (nSPS) is 20.2. The van der Waals surface area contributed by atoms with E-state index in [4.69, 9.17) is 0 Å². The first kappa shape index (κ1) is 16.2. The number of aromatic nitrogens is 2. The Kier molecular flexibility index (Phi) is 4.15. The van der Waals surface area contributed by atoms with E-state index in [1.165, 1.54) is 28.1 Å². The van der Waals surface area contributed by atoms with Gasteiger partial charge in [0.2, 0.25) is 5.91 Å². The summed E-state index contributed by atoms with van der Waals surface area (Å²) in [5.74, 6) is 1.51. The van der Waals surface area contributed by atoms with Crippen LogP contribution in [0.1, 0.15) is 41.0 Å². The Balaban J connectivity index is 1.21. The Morgan fingerprint density at radius 1 is 1.08 bits per heavy atom. The van der Waals surface area contributed by atoms with Gasteiger partial charge < -0.3 is 9.80 Å². The first-order valence-electron chi connectivity index (χ1n) is 9.72. The second-order valence-corrected chi connectivity index (χ2v) is 8.67. The van der Waals surface area contributed by atoms with Gasteiger partial charge in [-0.15, -0.1) is 16.4 Å². The van der Waals surface area contributed by atoms with E-state index in [2.05, 4.69) is 37.5 Å². The van der Waals surface area contributed by atoms with Gasteiger partial charge in [0.15, 0.2) is 5.82 Å². The molecule has 4 heterocycles. The van der Waals surface area contributed by atoms with Gasteiger partial charge in [-0.3, -0.25) is 4.79 Å². The van der Waals surface area contributed by atoms with Crippen molar-refractivity contribution < 1.29 is 4.79 Å². The van der Waals surface area contributed by atoms with E-state index in [0.717, 1.165) is 64.1 Å². The van der Waals surface area contributed by atoms with E-state index in [1.54, 1.807) is 0 Å². The second kappa shape index (κ2) is 6.65. The number of anilines is 1. The topological polar surface area (TPSA) is 49.3 Å². The molecule has 0 atom stereocenters. The lowest BCUT2D eigenvalue weighted by molar-refractivity contribution is -0.137. The monoisotopic (exact) mass is 368 g/mol. The third-order valence-electron chi connectivity index (χ3n) is 6.09. The van der Waals surface area contributed by atoms with Crippen LogP contribution in [0.4, 0.5) is 5.82 Å². The molecule has 2 aromatic heterocycles. The predicted octanol–water partition coefficient (Wildman–Crippen LogP) is 2.83. The summed E-state index contributed by atoms with van der Waals surface area (Å²) in [6.45, 7) is 3.49. The average molecular weight is 369 g/mol. The van der Waals surface area contributed by atoms with Crippen LogP contribution in [-0.2, 0) is 30.6 Å². The van der Waals surface area contributed by atoms with Gasteiger partial charge in [0.25, 0.3) is 0 Å². The van der Waals surface area contributed by atoms with E-state index < -0.39 is 0 Å². The Bertz CT molecular complexity index is 825. The summed E-state index contributed by atoms with van der Waals surface area (Å²) in [7, 11) is 0. The molecular formula is C20H24N4OS. The first-order chi connectivity index (χ1) is 12.8. The van der Waals surface area contributed by atoms with Gasteiger partial charge in [-0.25, -0.2) is 0 Å². The molecule has 5 nitrogen and oxygen atoms in total. The Morgan fingerprint density at radius 3 is 2.85 bits per heavy atom. The molecule has 1 amide bonds. The molecule has 26 heavy (non-hydrogen) atoms. The fourth-order valence-electron chi connectivity index (χ4n) is 4.52. The van der Waals surface area contributed by atoms with Crippen molar-refractivity contribution in [2.24, 2.45) is 5.92 Å². The average Bonchev–Trinajstić information content (AvgIpc) is 3.35. The molecule has 6 heteroatoms. The number of hydrogen-bond donors (Lipinski definition) is 0. The maximum absolute atomic E-state index is 13.0. The second-order valence-electron chi connectivity index (χ2n) is 7.67. The maximum atomic E-state index is 13.0. The molecule has 136 valence electrons. The van der Waals surface area contributed by atoms with E-state index in [9.17, 15) is 4.79 Å². The fraction of sp³-hybridized carbons (Fsp3) is 0.550. The summed E-state index contributed by atoms with van der Waals surface area (Å²) < 4.78 is 0. The summed E-state index contributed by atoms with van der Waals surface area (Å²) >= 11 is 1.82. The standard InChI is InChI=1S/C20H24N4OS/c25-20(24-10-6-18-16(13-24)7-11-26-18)14-4-8-23(9-5-14)19-12-15-2-1-3-17(15)21-22-19/h7,11-12,14H,1-6,8-10,13H2. The molecule has 1 saturated heterocycles. The zero-order valence-electron chi connectivity index (χ0n) is 15.0. The van der Waals surface area contributed by atoms with Gasteiger partial charge in [-0.2, -0.15) is 5.10 Å². The molecule has 0 aromatic carbocycles. The minimum atomic E-state index is 0.161. The van der Waals surface area contributed by atoms with Crippen LogP contribution in [0, 0.1) is 5.92 Å². The van der Waals surface area contributed by atoms with E-state index in [0.29, 0.717) is 5.91 Å². The van der Waals surface area contributed by atoms with Gasteiger partial charge in [0, 0.05) is 37.0 Å². The molecule has 1 aliphatic carbocycles. The van der Waals surface area contributed by atoms with Crippen molar-refractivity contribution in [1.29, 1.82) is 0 Å². The molecule has 1 fully saturated rings. The van der Waals surface area contributed by atoms with Crippen LogP contribution in [0.3, 0.4) is 0 Å². The molecule has 5 rings (SSSR count). The van der Waals surface area contributed by atoms with E-state index in [1.807, 2.05) is 11.3 Å². The Morgan fingerprint density at radius 2 is 1.96 bits per heavy atom. The molecule has 0 unspecified atom stereocenters. The lowest BCUT2D eigenvalue weighted by Gasteiger charge is -2.36. The molecule has 2 aromatic rings. The largest absolute Gasteiger partial charge is 0.355 e. The van der Waals surface area contributed by atoms with Crippen LogP contribution < -0.4 is 4.90 Å². The number of rotatable bonds is 2. The van der Waals surface area contributed by atoms with Crippen molar-refractivity contribution in [2.45, 2.75) is 45.1 Å². The number of carbonyl (C=O) groups excluding carboxylic acids is 1. The summed E-state index contributed by atoms with van der Waals surface area (Å²) in [6, 6.07) is 4.40. The smallest absolute Gasteiger partial charge is 0.226 e. The number of piperidine rings is 1. The van der Waals surface area contributed by atoms with Crippen molar-refractivity contribution in [3.63, 3.8) is 0 Å². The van der Waals surface area contributed by atoms with Gasteiger partial charge in [-0.05, 0) is 67.2 Å². The molecular weight excluding hydrogens is 344 g/mol. The van der Waals surface area contributed by atoms with Crippen LogP contribution in [0.2, 0.25) is 0 Å². The Labute approximate surface area is 158 Å². The minimum absolute atomic E-state index is 0.161. The van der Waals surface area contributed by atoms with Crippen LogP contribution in [0.15, 0.2) is 17.5 Å². The number of fused-ring (bicyclic) bond motifs is 2. The quantitative estimate of drug-likeness (QED) is 0.818. The number of hydrogen-bond acceptors (Lipinski definition) is 5. The van der Waals surface area contributed by atoms with Gasteiger partial charge in [-0.1, -0.05) is 0 Å². The van der Waals surface area contributed by atoms with Crippen LogP contribution >= 0.6 is 11.3 Å². The van der Waals surface area contributed by atoms with Crippen molar-refractivity contribution in [3.05, 3.63) is 39.2 Å². The molecule has 3 aliphatic rings. The SMILES string of the molecule is O=C(C1CCN(c2cc3c(nn2)CCC3)CC1)N1CCc2sccc2C1. The predicted molar refractivity (Wildman–Crippen MR) is 102 cm³/mol. The van der Waals surface area contributed by atoms with Crippen molar-refractivity contribution in [1.82, 2.24) is 15.1 Å². The summed E-state index contributed by atoms with van der Waals surface area (Å²) in [4.78, 5) is 18.8. The number of nitrogens with zero attached hydrogens (tertiary/aromatic N) is 4. The van der Waals surface area contributed by atoms with Crippen LogP contribution in [0.5, 0.6) is 0 Å². The van der Waals surface area contributed by atoms with E-state index in [-0.39, 0.29) is 5.92 Å². The zero-order valence-corrected chi connectivity index (χ0v) is 15.8. The van der Waals surface area contributed by atoms with Crippen LogP contribution in [-0.4, -0.2) is 40.6 Å². The molecule has 2 aliphatic heterocycles. The van der Waals surface area contributed by atoms with Crippen molar-refractivity contribution in [3.8, 4) is 0 Å². The first-order valence-corrected chi connectivity index (χ1v) is 10.6. The van der Waals surface area contributed by atoms with Gasteiger partial charge in [0.1, 0.15) is 0 Å². The van der Waals surface area contributed by atoms with Crippen molar-refractivity contribution in [2.75, 3.05) is 24.5 Å². The summed E-state index contributed by atoms with van der Waals surface area (Å²) in [5, 5.41) is 11.0. The number of carbonyl (C=O) groups is 1. The Hall–Kier alpha value is -1.95. The third kappa shape index (κ3) is 2.90. The summed E-state index contributed by atoms with van der Waals surface area (Å²) in [5.41, 5.74) is 3.89. The van der Waals surface area contributed by atoms with Crippen molar-refractivity contribution >= 4 is 23.1 Å². The minimum Gasteiger partial charge on any atom is -0.355 e. The highest BCUT2D eigenvalue weighted by Crippen LogP contribution is 2.29. The molecule has 0 spiro atoms. The highest BCUT2D eigenvalue weighted by atomic mass is 32.1. The van der Waals surface area contributed by atoms with E-state index >= 15 is 0 Å². The fourth-order valence-corrected chi connectivity index (χ4v) is 5.41. The number of aryl methyl sites for hydroxylation is 2. The molecule has 0 saturated carbocycles. The van der Waals surface area contributed by atoms with Gasteiger partial charge in [0.05, 0.1) is 5.69 Å². The summed E-state index contributed by atoms with van der Waals surface area (Å²) in [6.07, 6.45) is 6.26. The maximum Gasteiger partial charge on any atom is 0.226 e. The number of amides is 1. The highest BCUT2D eigenvalue weighted by Gasteiger charge is 2.31.